The molecule has 0 spiro atoms. The highest BCUT2D eigenvalue weighted by molar-refractivity contribution is 7.66. The topological polar surface area (TPSA) is 289 Å². The lowest BCUT2D eigenvalue weighted by Crippen LogP contribution is -2.56. The Balaban J connectivity index is 2.31. The van der Waals surface area contributed by atoms with Crippen molar-refractivity contribution in [1.29, 1.82) is 0 Å². The summed E-state index contributed by atoms with van der Waals surface area (Å²) in [5.41, 5.74) is 8.47. The lowest BCUT2D eigenvalue weighted by atomic mass is 9.90. The number of nitrogen functional groups attached to an aromatic ring is 1. The quantitative estimate of drug-likeness (QED) is 0.139. The Bertz CT molecular complexity index is 1160. The fourth-order valence-corrected chi connectivity index (χ4v) is 6.02. The number of ether oxygens (including phenoxy) is 1. The predicted molar refractivity (Wildman–Crippen MR) is 105 cm³/mol. The van der Waals surface area contributed by atoms with E-state index in [4.69, 9.17) is 26.0 Å². The first-order valence-electron chi connectivity index (χ1n) is 8.50. The van der Waals surface area contributed by atoms with Crippen molar-refractivity contribution in [3.8, 4) is 11.8 Å². The van der Waals surface area contributed by atoms with Gasteiger partial charge < -0.3 is 40.9 Å². The molecule has 1 aromatic heterocycles. The van der Waals surface area contributed by atoms with E-state index in [2.05, 4.69) is 35.1 Å². The molecule has 33 heavy (non-hydrogen) atoms. The predicted octanol–water partition coefficient (Wildman–Crippen LogP) is -2.07. The Hall–Kier alpha value is -1.54. The Morgan fingerprint density at radius 3 is 2.36 bits per heavy atom. The van der Waals surface area contributed by atoms with Crippen LogP contribution >= 0.6 is 23.5 Å². The molecule has 3 unspecified atom stereocenters. The van der Waals surface area contributed by atoms with Crippen LogP contribution in [0.15, 0.2) is 11.0 Å². The van der Waals surface area contributed by atoms with Crippen LogP contribution in [0.4, 0.5) is 5.82 Å². The van der Waals surface area contributed by atoms with E-state index in [1.807, 2.05) is 0 Å². The van der Waals surface area contributed by atoms with Gasteiger partial charge in [-0.25, -0.2) is 18.5 Å². The number of aromatic nitrogens is 3. The summed E-state index contributed by atoms with van der Waals surface area (Å²) in [7, 11) is -16.9. The molecule has 1 aromatic rings. The van der Waals surface area contributed by atoms with Crippen molar-refractivity contribution in [2.24, 2.45) is 5.73 Å². The number of hydrogen-bond acceptors (Lipinski definition) is 13. The van der Waals surface area contributed by atoms with Gasteiger partial charge in [0.1, 0.15) is 18.0 Å². The number of aliphatic hydroxyl groups is 1. The van der Waals surface area contributed by atoms with Gasteiger partial charge in [0.15, 0.2) is 11.8 Å². The molecular weight excluding hydrogens is 515 g/mol. The van der Waals surface area contributed by atoms with Crippen LogP contribution in [0.3, 0.4) is 0 Å². The first kappa shape index (κ1) is 27.7. The average molecular weight is 535 g/mol. The van der Waals surface area contributed by atoms with Gasteiger partial charge in [-0.05, 0) is 13.8 Å². The molecule has 0 aliphatic carbocycles. The molecule has 7 atom stereocenters. The molecule has 9 N–H and O–H groups in total. The number of phosphoric acid groups is 3. The fraction of sp³-hybridized carbons (Fsp3) is 0.583. The third-order valence-electron chi connectivity index (χ3n) is 3.97. The van der Waals surface area contributed by atoms with E-state index in [0.717, 1.165) is 13.1 Å². The number of aliphatic hydroxyl groups excluding tert-OH is 1. The Kier molecular flexibility index (Phi) is 8.06. The van der Waals surface area contributed by atoms with E-state index in [1.165, 1.54) is 6.92 Å². The average Bonchev–Trinajstić information content (AvgIpc) is 2.83. The number of nitrogens with two attached hydrogens (primary N) is 2. The van der Waals surface area contributed by atoms with E-state index in [1.54, 1.807) is 0 Å². The Morgan fingerprint density at radius 1 is 1.24 bits per heavy atom. The highest BCUT2D eigenvalue weighted by Gasteiger charge is 2.57. The molecule has 1 fully saturated rings. The van der Waals surface area contributed by atoms with Gasteiger partial charge in [-0.2, -0.15) is 23.4 Å². The Morgan fingerprint density at radius 2 is 1.85 bits per heavy atom. The van der Waals surface area contributed by atoms with Gasteiger partial charge in [0.25, 0.3) is 0 Å². The summed E-state index contributed by atoms with van der Waals surface area (Å²) < 4.78 is 52.3. The van der Waals surface area contributed by atoms with Gasteiger partial charge in [-0.15, -0.1) is 5.92 Å². The molecule has 1 saturated heterocycles. The number of hydrogen-bond donors (Lipinski definition) is 7. The highest BCUT2D eigenvalue weighted by Crippen LogP contribution is 2.66. The highest BCUT2D eigenvalue weighted by atomic mass is 31.3. The van der Waals surface area contributed by atoms with Gasteiger partial charge in [-0.3, -0.25) is 4.52 Å². The Labute approximate surface area is 184 Å². The van der Waals surface area contributed by atoms with Crippen LogP contribution in [-0.2, 0) is 31.6 Å². The van der Waals surface area contributed by atoms with Gasteiger partial charge in [0, 0.05) is 0 Å². The van der Waals surface area contributed by atoms with Crippen molar-refractivity contribution in [2.45, 2.75) is 43.9 Å². The maximum Gasteiger partial charge on any atom is 0.490 e. The number of nitrogens with zero attached hydrogens (tertiary/aromatic N) is 3. The van der Waals surface area contributed by atoms with Crippen molar-refractivity contribution in [1.82, 2.24) is 14.8 Å². The third kappa shape index (κ3) is 6.75. The lowest BCUT2D eigenvalue weighted by molar-refractivity contribution is -0.0793. The SMILES string of the molecule is CC#CC1(N)[C@@H](O)[C@@H]([C@H](C)OP(=O)(O)OP(=O)(O)OP(=O)(O)O)O[C@H]1n1ncc(N)nc1=O. The second kappa shape index (κ2) is 9.61. The van der Waals surface area contributed by atoms with Crippen LogP contribution in [0.1, 0.15) is 20.1 Å². The summed E-state index contributed by atoms with van der Waals surface area (Å²) >= 11 is 0. The zero-order chi connectivity index (χ0) is 25.4. The van der Waals surface area contributed by atoms with E-state index in [0.29, 0.717) is 4.68 Å². The third-order valence-corrected chi connectivity index (χ3v) is 7.90. The maximum absolute atomic E-state index is 12.2. The van der Waals surface area contributed by atoms with Crippen LogP contribution in [0, 0.1) is 11.8 Å². The van der Waals surface area contributed by atoms with Crippen molar-refractivity contribution in [2.75, 3.05) is 5.73 Å². The smallest absolute Gasteiger partial charge is 0.387 e. The lowest BCUT2D eigenvalue weighted by Gasteiger charge is -2.27. The molecule has 0 radical (unpaired) electrons. The number of phosphoric ester groups is 1. The molecule has 1 aliphatic heterocycles. The monoisotopic (exact) mass is 535 g/mol. The minimum atomic E-state index is -5.77. The molecular formula is C12H20N5O13P3. The molecule has 0 saturated carbocycles. The first-order chi connectivity index (χ1) is 14.9. The van der Waals surface area contributed by atoms with E-state index >= 15 is 0 Å². The standard InChI is InChI=1S/C12H20N5O13P3/c1-3-4-12(14)9(18)8(27-10(12)17-11(19)16-7(13)5-15-17)6(2)28-32(23,24)30-33(25,26)29-31(20,21)22/h5-6,8-10,18H,14H2,1-2H3,(H,23,24)(H,25,26)(H2,13,16,19)(H2,20,21,22)/t6-,8+,9-,10+,12?/m0/s1. The van der Waals surface area contributed by atoms with Gasteiger partial charge in [-0.1, -0.05) is 5.92 Å². The van der Waals surface area contributed by atoms with Crippen LogP contribution < -0.4 is 17.2 Å². The summed E-state index contributed by atoms with van der Waals surface area (Å²) in [6.07, 6.45) is -5.69. The van der Waals surface area contributed by atoms with Crippen molar-refractivity contribution in [3.05, 3.63) is 16.7 Å². The summed E-state index contributed by atoms with van der Waals surface area (Å²) in [5.74, 6) is 4.67. The molecule has 1 aliphatic rings. The van der Waals surface area contributed by atoms with Crippen LogP contribution in [0.5, 0.6) is 0 Å². The zero-order valence-electron chi connectivity index (χ0n) is 16.7. The van der Waals surface area contributed by atoms with Crippen LogP contribution in [0.2, 0.25) is 0 Å². The summed E-state index contributed by atoms with van der Waals surface area (Å²) in [4.78, 5) is 51.7. The fourth-order valence-electron chi connectivity index (χ4n) is 2.82. The molecule has 2 heterocycles. The van der Waals surface area contributed by atoms with Crippen molar-refractivity contribution >= 4 is 29.3 Å². The summed E-state index contributed by atoms with van der Waals surface area (Å²) in [6, 6.07) is 0. The van der Waals surface area contributed by atoms with Crippen molar-refractivity contribution in [3.63, 3.8) is 0 Å². The maximum atomic E-state index is 12.2. The second-order valence-corrected chi connectivity index (χ2v) is 10.9. The molecule has 0 aromatic carbocycles. The molecule has 21 heteroatoms. The summed E-state index contributed by atoms with van der Waals surface area (Å²) in [5, 5.41) is 14.4. The van der Waals surface area contributed by atoms with Crippen LogP contribution in [0.25, 0.3) is 0 Å². The zero-order valence-corrected chi connectivity index (χ0v) is 19.4. The van der Waals surface area contributed by atoms with Gasteiger partial charge in [0.2, 0.25) is 0 Å². The summed E-state index contributed by atoms with van der Waals surface area (Å²) in [6.45, 7) is 2.41. The molecule has 186 valence electrons. The van der Waals surface area contributed by atoms with Crippen LogP contribution in [-0.4, -0.2) is 63.3 Å². The molecule has 0 bridgehead atoms. The minimum absolute atomic E-state index is 0.225. The molecule has 0 amide bonds. The van der Waals surface area contributed by atoms with Gasteiger partial charge in [0.05, 0.1) is 12.3 Å². The van der Waals surface area contributed by atoms with E-state index in [-0.39, 0.29) is 5.82 Å². The second-order valence-electron chi connectivity index (χ2n) is 6.52. The first-order valence-corrected chi connectivity index (χ1v) is 13.0. The molecule has 2 rings (SSSR count). The van der Waals surface area contributed by atoms with Gasteiger partial charge >= 0.3 is 29.2 Å². The van der Waals surface area contributed by atoms with E-state index in [9.17, 15) is 33.4 Å². The van der Waals surface area contributed by atoms with Crippen molar-refractivity contribution < 1.29 is 56.3 Å². The number of rotatable bonds is 8. The normalized spacial score (nSPS) is 30.0. The number of anilines is 1. The van der Waals surface area contributed by atoms with E-state index < -0.39 is 59.2 Å². The minimum Gasteiger partial charge on any atom is -0.387 e. The largest absolute Gasteiger partial charge is 0.490 e. The molecule has 18 nitrogen and oxygen atoms in total.